The van der Waals surface area contributed by atoms with Gasteiger partial charge in [0, 0.05) is 13.1 Å². The van der Waals surface area contributed by atoms with Crippen LogP contribution in [0.1, 0.15) is 39.2 Å². The number of anilines is 1. The predicted octanol–water partition coefficient (Wildman–Crippen LogP) is 5.65. The van der Waals surface area contributed by atoms with Crippen LogP contribution >= 0.6 is 0 Å². The number of fused-ring (bicyclic) bond motifs is 3. The van der Waals surface area contributed by atoms with Crippen molar-refractivity contribution < 1.29 is 23.1 Å². The van der Waals surface area contributed by atoms with Gasteiger partial charge in [0.2, 0.25) is 5.89 Å². The lowest BCUT2D eigenvalue weighted by molar-refractivity contribution is 0.0120. The number of nitrogens with zero attached hydrogens (tertiary/aromatic N) is 4. The molecular weight excluding hydrogens is 472 g/mol. The van der Waals surface area contributed by atoms with E-state index in [9.17, 15) is 4.79 Å². The summed E-state index contributed by atoms with van der Waals surface area (Å²) in [5.41, 5.74) is 2.42. The van der Waals surface area contributed by atoms with Crippen molar-refractivity contribution >= 4 is 23.2 Å². The molecule has 9 heteroatoms. The van der Waals surface area contributed by atoms with Gasteiger partial charge in [0.05, 0.1) is 23.8 Å². The normalized spacial score (nSPS) is 19.4. The molecule has 6 rings (SSSR count). The number of benzene rings is 2. The molecule has 2 unspecified atom stereocenters. The molecule has 37 heavy (non-hydrogen) atoms. The maximum atomic E-state index is 12.9. The maximum Gasteiger partial charge on any atom is 0.410 e. The first kappa shape index (κ1) is 23.4. The van der Waals surface area contributed by atoms with Crippen LogP contribution in [0, 0.1) is 0 Å². The molecule has 9 nitrogen and oxygen atoms in total. The summed E-state index contributed by atoms with van der Waals surface area (Å²) in [5.74, 6) is 1.08. The zero-order valence-electron chi connectivity index (χ0n) is 21.2. The van der Waals surface area contributed by atoms with Crippen molar-refractivity contribution in [2.45, 2.75) is 57.9 Å². The second kappa shape index (κ2) is 9.14. The summed E-state index contributed by atoms with van der Waals surface area (Å²) in [5, 5.41) is 0. The summed E-state index contributed by atoms with van der Waals surface area (Å²) in [4.78, 5) is 26.1. The highest BCUT2D eigenvalue weighted by Crippen LogP contribution is 2.39. The molecule has 2 aromatic heterocycles. The van der Waals surface area contributed by atoms with Gasteiger partial charge in [0.25, 0.3) is 6.01 Å². The van der Waals surface area contributed by atoms with E-state index in [0.29, 0.717) is 54.0 Å². The Kier molecular flexibility index (Phi) is 5.78. The van der Waals surface area contributed by atoms with Crippen molar-refractivity contribution in [2.75, 3.05) is 18.0 Å². The Balaban J connectivity index is 1.30. The Morgan fingerprint density at radius 1 is 1.08 bits per heavy atom. The van der Waals surface area contributed by atoms with Crippen molar-refractivity contribution in [1.29, 1.82) is 0 Å². The minimum absolute atomic E-state index is 0.0450. The summed E-state index contributed by atoms with van der Waals surface area (Å²) in [6.45, 7) is 7.34. The monoisotopic (exact) mass is 502 g/mol. The third kappa shape index (κ3) is 4.61. The maximum absolute atomic E-state index is 12.9. The third-order valence-corrected chi connectivity index (χ3v) is 6.75. The highest BCUT2D eigenvalue weighted by molar-refractivity contribution is 5.93. The molecule has 0 radical (unpaired) electrons. The first-order valence-corrected chi connectivity index (χ1v) is 12.6. The molecule has 0 saturated carbocycles. The van der Waals surface area contributed by atoms with Crippen molar-refractivity contribution in [3.8, 4) is 17.2 Å². The van der Waals surface area contributed by atoms with Gasteiger partial charge < -0.3 is 23.2 Å². The van der Waals surface area contributed by atoms with Crippen LogP contribution in [0.3, 0.4) is 0 Å². The number of hydrogen-bond donors (Lipinski definition) is 0. The summed E-state index contributed by atoms with van der Waals surface area (Å²) in [6, 6.07) is 14.3. The molecule has 4 heterocycles. The van der Waals surface area contributed by atoms with Crippen LogP contribution in [0.15, 0.2) is 63.8 Å². The topological polar surface area (TPSA) is 94.1 Å². The van der Waals surface area contributed by atoms with E-state index in [0.717, 1.165) is 18.4 Å². The van der Waals surface area contributed by atoms with Crippen LogP contribution in [0.25, 0.3) is 22.6 Å². The zero-order valence-corrected chi connectivity index (χ0v) is 21.2. The van der Waals surface area contributed by atoms with E-state index in [-0.39, 0.29) is 18.2 Å². The van der Waals surface area contributed by atoms with E-state index in [2.05, 4.69) is 9.88 Å². The Labute approximate surface area is 215 Å². The average molecular weight is 503 g/mol. The van der Waals surface area contributed by atoms with E-state index in [4.69, 9.17) is 23.3 Å². The van der Waals surface area contributed by atoms with E-state index < -0.39 is 5.60 Å². The van der Waals surface area contributed by atoms with Crippen LogP contribution < -0.4 is 9.64 Å². The molecule has 0 spiro atoms. The van der Waals surface area contributed by atoms with Crippen LogP contribution in [-0.4, -0.2) is 51.7 Å². The summed E-state index contributed by atoms with van der Waals surface area (Å²) in [7, 11) is 0. The lowest BCUT2D eigenvalue weighted by Crippen LogP contribution is -2.56. The lowest BCUT2D eigenvalue weighted by atomic mass is 10.2. The minimum Gasteiger partial charge on any atom is -0.486 e. The fourth-order valence-electron chi connectivity index (χ4n) is 5.16. The molecule has 192 valence electrons. The number of oxazole rings is 2. The molecular formula is C28H30N4O5. The molecule has 2 aromatic carbocycles. The van der Waals surface area contributed by atoms with Gasteiger partial charge in [-0.15, -0.1) is 0 Å². The number of rotatable bonds is 5. The van der Waals surface area contributed by atoms with Crippen molar-refractivity contribution in [2.24, 2.45) is 0 Å². The number of aromatic nitrogens is 2. The number of ether oxygens (including phenoxy) is 2. The molecule has 2 aliphatic rings. The Bertz CT molecular complexity index is 1380. The van der Waals surface area contributed by atoms with Crippen LogP contribution in [0.5, 0.6) is 5.75 Å². The van der Waals surface area contributed by atoms with Gasteiger partial charge in [0.15, 0.2) is 11.1 Å². The zero-order chi connectivity index (χ0) is 25.6. The quantitative estimate of drug-likeness (QED) is 0.346. The molecule has 4 aromatic rings. The van der Waals surface area contributed by atoms with Crippen molar-refractivity contribution in [3.05, 3.63) is 60.5 Å². The van der Waals surface area contributed by atoms with Crippen LogP contribution in [0.4, 0.5) is 10.8 Å². The van der Waals surface area contributed by atoms with Crippen molar-refractivity contribution in [1.82, 2.24) is 14.9 Å². The van der Waals surface area contributed by atoms with Crippen molar-refractivity contribution in [3.63, 3.8) is 0 Å². The standard InChI is InChI=1S/C28H30N4O5/c1-28(2,3)37-27(33)32-19-9-10-20(32)16-31(15-19)26-30-23-22(35-17-18-7-5-4-6-8-18)12-11-21(24(23)36-26)25-29-13-14-34-25/h4-8,11-14,19-20H,9-10,15-17H2,1-3H3. The minimum atomic E-state index is -0.527. The van der Waals surface area contributed by atoms with E-state index in [1.165, 1.54) is 6.26 Å². The largest absolute Gasteiger partial charge is 0.486 e. The second-order valence-corrected chi connectivity index (χ2v) is 10.6. The number of hydrogen-bond acceptors (Lipinski definition) is 8. The van der Waals surface area contributed by atoms with Crippen LogP contribution in [0.2, 0.25) is 0 Å². The molecule has 2 aliphatic heterocycles. The van der Waals surface area contributed by atoms with E-state index >= 15 is 0 Å². The fourth-order valence-corrected chi connectivity index (χ4v) is 5.16. The summed E-state index contributed by atoms with van der Waals surface area (Å²) < 4.78 is 23.8. The first-order valence-electron chi connectivity index (χ1n) is 12.6. The Morgan fingerprint density at radius 3 is 2.51 bits per heavy atom. The van der Waals surface area contributed by atoms with Gasteiger partial charge in [-0.25, -0.2) is 9.78 Å². The van der Waals surface area contributed by atoms with Gasteiger partial charge in [-0.1, -0.05) is 30.3 Å². The molecule has 2 fully saturated rings. The van der Waals surface area contributed by atoms with E-state index in [1.54, 1.807) is 6.20 Å². The molecule has 2 atom stereocenters. The molecule has 1 amide bonds. The number of piperazine rings is 1. The van der Waals surface area contributed by atoms with Crippen LogP contribution in [-0.2, 0) is 11.3 Å². The SMILES string of the molecule is CC(C)(C)OC(=O)N1C2CCC1CN(c1nc3c(OCc4ccccc4)ccc(-c4ncco4)c3o1)C2. The fraction of sp³-hybridized carbons (Fsp3) is 0.393. The molecule has 2 saturated heterocycles. The highest BCUT2D eigenvalue weighted by atomic mass is 16.6. The lowest BCUT2D eigenvalue weighted by Gasteiger charge is -2.40. The number of amides is 1. The summed E-state index contributed by atoms with van der Waals surface area (Å²) >= 11 is 0. The van der Waals surface area contributed by atoms with Gasteiger partial charge >= 0.3 is 6.09 Å². The highest BCUT2D eigenvalue weighted by Gasteiger charge is 2.45. The average Bonchev–Trinajstić information content (AvgIpc) is 3.61. The number of carbonyl (C=O) groups excluding carboxylic acids is 1. The smallest absolute Gasteiger partial charge is 0.410 e. The Hall–Kier alpha value is -4.01. The molecule has 0 aliphatic carbocycles. The molecule has 0 N–H and O–H groups in total. The first-order chi connectivity index (χ1) is 17.9. The second-order valence-electron chi connectivity index (χ2n) is 10.6. The van der Waals surface area contributed by atoms with Gasteiger partial charge in [-0.3, -0.25) is 4.90 Å². The van der Waals surface area contributed by atoms with Gasteiger partial charge in [0.1, 0.15) is 24.2 Å². The Morgan fingerprint density at radius 2 is 1.84 bits per heavy atom. The predicted molar refractivity (Wildman–Crippen MR) is 137 cm³/mol. The van der Waals surface area contributed by atoms with Gasteiger partial charge in [-0.05, 0) is 51.3 Å². The third-order valence-electron chi connectivity index (χ3n) is 6.75. The summed E-state index contributed by atoms with van der Waals surface area (Å²) in [6.07, 6.45) is 4.74. The molecule has 2 bridgehead atoms. The number of carbonyl (C=O) groups is 1. The van der Waals surface area contributed by atoms with E-state index in [1.807, 2.05) is 68.1 Å². The van der Waals surface area contributed by atoms with Gasteiger partial charge in [-0.2, -0.15) is 4.98 Å².